The first-order chi connectivity index (χ1) is 14.2. The molecule has 0 saturated carbocycles. The molecule has 0 radical (unpaired) electrons. The topological polar surface area (TPSA) is 52.6 Å². The molecule has 1 aromatic carbocycles. The summed E-state index contributed by atoms with van der Waals surface area (Å²) >= 11 is 1.77. The smallest absolute Gasteiger partial charge is 0.191 e. The van der Waals surface area contributed by atoms with Crippen molar-refractivity contribution in [3.8, 4) is 0 Å². The molecule has 0 aliphatic carbocycles. The van der Waals surface area contributed by atoms with Crippen LogP contribution in [-0.2, 0) is 13.0 Å². The molecule has 1 fully saturated rings. The molecule has 0 atom stereocenters. The SMILES string of the molecule is CCNC(=NCCCCc1nc(C)cs1)NC1CCN(Cc2ccccc2)CC1. The minimum absolute atomic E-state index is 0.512. The Hall–Kier alpha value is -1.92. The van der Waals surface area contributed by atoms with Gasteiger partial charge in [0.05, 0.1) is 5.01 Å². The Morgan fingerprint density at radius 2 is 2.00 bits per heavy atom. The summed E-state index contributed by atoms with van der Waals surface area (Å²) in [7, 11) is 0. The number of likely N-dealkylation sites (tertiary alicyclic amines) is 1. The maximum Gasteiger partial charge on any atom is 0.191 e. The van der Waals surface area contributed by atoms with Crippen molar-refractivity contribution in [3.05, 3.63) is 52.0 Å². The van der Waals surface area contributed by atoms with Crippen molar-refractivity contribution in [2.24, 2.45) is 4.99 Å². The van der Waals surface area contributed by atoms with E-state index in [9.17, 15) is 0 Å². The molecule has 0 unspecified atom stereocenters. The standard InChI is InChI=1S/C23H35N5S/c1-3-24-23(25-14-8-7-11-22-26-19(2)18-29-22)27-21-12-15-28(16-13-21)17-20-9-5-4-6-10-20/h4-6,9-10,18,21H,3,7-8,11-17H2,1-2H3,(H2,24,25,27). The van der Waals surface area contributed by atoms with Crippen molar-refractivity contribution < 1.29 is 0 Å². The number of nitrogens with zero attached hydrogens (tertiary/aromatic N) is 3. The zero-order valence-electron chi connectivity index (χ0n) is 17.9. The van der Waals surface area contributed by atoms with Crippen LogP contribution >= 0.6 is 11.3 Å². The Balaban J connectivity index is 1.36. The Bertz CT molecular complexity index is 735. The van der Waals surface area contributed by atoms with Gasteiger partial charge in [-0.1, -0.05) is 30.3 Å². The highest BCUT2D eigenvalue weighted by atomic mass is 32.1. The molecule has 0 bridgehead atoms. The van der Waals surface area contributed by atoms with Crippen LogP contribution in [0.4, 0.5) is 0 Å². The van der Waals surface area contributed by atoms with E-state index in [0.29, 0.717) is 6.04 Å². The van der Waals surface area contributed by atoms with E-state index in [2.05, 4.69) is 70.1 Å². The normalized spacial score (nSPS) is 16.1. The van der Waals surface area contributed by atoms with E-state index < -0.39 is 0 Å². The van der Waals surface area contributed by atoms with Crippen molar-refractivity contribution in [1.29, 1.82) is 0 Å². The maximum atomic E-state index is 4.79. The van der Waals surface area contributed by atoms with Crippen LogP contribution in [-0.4, -0.2) is 48.1 Å². The predicted molar refractivity (Wildman–Crippen MR) is 124 cm³/mol. The summed E-state index contributed by atoms with van der Waals surface area (Å²) in [5.41, 5.74) is 2.54. The minimum Gasteiger partial charge on any atom is -0.357 e. The molecule has 1 aromatic heterocycles. The molecule has 2 N–H and O–H groups in total. The molecule has 0 amide bonds. The summed E-state index contributed by atoms with van der Waals surface area (Å²) < 4.78 is 0. The first kappa shape index (κ1) is 21.8. The first-order valence-corrected chi connectivity index (χ1v) is 11.8. The molecule has 158 valence electrons. The van der Waals surface area contributed by atoms with E-state index >= 15 is 0 Å². The molecule has 0 spiro atoms. The number of guanidine groups is 1. The number of unbranched alkanes of at least 4 members (excludes halogenated alkanes) is 1. The number of hydrogen-bond donors (Lipinski definition) is 2. The Morgan fingerprint density at radius 1 is 1.21 bits per heavy atom. The van der Waals surface area contributed by atoms with Gasteiger partial charge >= 0.3 is 0 Å². The van der Waals surface area contributed by atoms with Gasteiger partial charge in [-0.3, -0.25) is 9.89 Å². The summed E-state index contributed by atoms with van der Waals surface area (Å²) in [5.74, 6) is 0.971. The zero-order chi connectivity index (χ0) is 20.3. The first-order valence-electron chi connectivity index (χ1n) is 10.9. The van der Waals surface area contributed by atoms with Crippen LogP contribution in [0.2, 0.25) is 0 Å². The highest BCUT2D eigenvalue weighted by Gasteiger charge is 2.19. The largest absolute Gasteiger partial charge is 0.357 e. The second-order valence-electron chi connectivity index (χ2n) is 7.78. The number of benzene rings is 1. The second kappa shape index (κ2) is 11.9. The van der Waals surface area contributed by atoms with Gasteiger partial charge < -0.3 is 10.6 Å². The van der Waals surface area contributed by atoms with E-state index in [1.807, 2.05) is 0 Å². The van der Waals surface area contributed by atoms with Crippen LogP contribution < -0.4 is 10.6 Å². The lowest BCUT2D eigenvalue weighted by Crippen LogP contribution is -2.48. The summed E-state index contributed by atoms with van der Waals surface area (Å²) in [5, 5.41) is 10.4. The number of nitrogens with one attached hydrogen (secondary N) is 2. The van der Waals surface area contributed by atoms with Crippen LogP contribution in [0.5, 0.6) is 0 Å². The van der Waals surface area contributed by atoms with E-state index in [-0.39, 0.29) is 0 Å². The fourth-order valence-electron chi connectivity index (χ4n) is 3.69. The number of aryl methyl sites for hydroxylation is 2. The Morgan fingerprint density at radius 3 is 2.69 bits per heavy atom. The molecule has 6 heteroatoms. The van der Waals surface area contributed by atoms with E-state index in [1.54, 1.807) is 11.3 Å². The number of aromatic nitrogens is 1. The van der Waals surface area contributed by atoms with E-state index in [1.165, 1.54) is 23.4 Å². The fraction of sp³-hybridized carbons (Fsp3) is 0.565. The van der Waals surface area contributed by atoms with Crippen molar-refractivity contribution in [3.63, 3.8) is 0 Å². The van der Waals surface area contributed by atoms with Gasteiger partial charge in [0.25, 0.3) is 0 Å². The van der Waals surface area contributed by atoms with Crippen LogP contribution in [0.3, 0.4) is 0 Å². The minimum atomic E-state index is 0.512. The van der Waals surface area contributed by atoms with Crippen LogP contribution in [0.25, 0.3) is 0 Å². The molecular formula is C23H35N5S. The van der Waals surface area contributed by atoms with Gasteiger partial charge in [-0.25, -0.2) is 4.98 Å². The molecule has 2 aromatic rings. The summed E-state index contributed by atoms with van der Waals surface area (Å²) in [6, 6.07) is 11.3. The van der Waals surface area contributed by atoms with E-state index in [4.69, 9.17) is 4.99 Å². The van der Waals surface area contributed by atoms with Crippen molar-refractivity contribution in [2.45, 2.75) is 58.5 Å². The molecule has 5 nitrogen and oxygen atoms in total. The second-order valence-corrected chi connectivity index (χ2v) is 8.72. The van der Waals surface area contributed by atoms with Gasteiger partial charge in [-0.15, -0.1) is 11.3 Å². The fourth-order valence-corrected chi connectivity index (χ4v) is 4.51. The number of hydrogen-bond acceptors (Lipinski definition) is 4. The van der Waals surface area contributed by atoms with Gasteiger partial charge in [0.15, 0.2) is 5.96 Å². The quantitative estimate of drug-likeness (QED) is 0.371. The predicted octanol–water partition coefficient (Wildman–Crippen LogP) is 3.99. The van der Waals surface area contributed by atoms with Gasteiger partial charge in [0, 0.05) is 49.8 Å². The zero-order valence-corrected chi connectivity index (χ0v) is 18.7. The Kier molecular flexibility index (Phi) is 8.96. The number of aliphatic imine (C=N–C) groups is 1. The third kappa shape index (κ3) is 7.78. The summed E-state index contributed by atoms with van der Waals surface area (Å²) in [4.78, 5) is 11.9. The monoisotopic (exact) mass is 413 g/mol. The molecule has 1 aliphatic rings. The van der Waals surface area contributed by atoms with Gasteiger partial charge in [0.1, 0.15) is 0 Å². The summed E-state index contributed by atoms with van der Waals surface area (Å²) in [6.45, 7) is 9.29. The van der Waals surface area contributed by atoms with Crippen LogP contribution in [0.15, 0.2) is 40.7 Å². The van der Waals surface area contributed by atoms with Crippen molar-refractivity contribution >= 4 is 17.3 Å². The number of piperidine rings is 1. The number of thiazole rings is 1. The van der Waals surface area contributed by atoms with Gasteiger partial charge in [0.2, 0.25) is 0 Å². The van der Waals surface area contributed by atoms with Gasteiger partial charge in [-0.05, 0) is 51.5 Å². The highest BCUT2D eigenvalue weighted by molar-refractivity contribution is 7.09. The molecule has 1 aliphatic heterocycles. The lowest BCUT2D eigenvalue weighted by atomic mass is 10.0. The molecule has 2 heterocycles. The average Bonchev–Trinajstić information content (AvgIpc) is 3.15. The Labute approximate surface area is 179 Å². The van der Waals surface area contributed by atoms with Crippen LogP contribution in [0, 0.1) is 6.92 Å². The van der Waals surface area contributed by atoms with E-state index in [0.717, 1.165) is 63.6 Å². The lowest BCUT2D eigenvalue weighted by molar-refractivity contribution is 0.198. The lowest BCUT2D eigenvalue weighted by Gasteiger charge is -2.33. The highest BCUT2D eigenvalue weighted by Crippen LogP contribution is 2.14. The van der Waals surface area contributed by atoms with Crippen molar-refractivity contribution in [1.82, 2.24) is 20.5 Å². The summed E-state index contributed by atoms with van der Waals surface area (Å²) in [6.07, 6.45) is 5.65. The van der Waals surface area contributed by atoms with Gasteiger partial charge in [-0.2, -0.15) is 0 Å². The van der Waals surface area contributed by atoms with Crippen molar-refractivity contribution in [2.75, 3.05) is 26.2 Å². The third-order valence-electron chi connectivity index (χ3n) is 5.26. The molecule has 1 saturated heterocycles. The average molecular weight is 414 g/mol. The third-order valence-corrected chi connectivity index (χ3v) is 6.28. The molecular weight excluding hydrogens is 378 g/mol. The molecule has 3 rings (SSSR count). The molecule has 29 heavy (non-hydrogen) atoms. The number of rotatable bonds is 9. The maximum absolute atomic E-state index is 4.79. The van der Waals surface area contributed by atoms with Crippen LogP contribution in [0.1, 0.15) is 48.9 Å².